The lowest BCUT2D eigenvalue weighted by atomic mass is 10.1. The van der Waals surface area contributed by atoms with E-state index in [4.69, 9.17) is 4.74 Å². The number of benzene rings is 4. The Kier molecular flexibility index (Phi) is 4.82. The van der Waals surface area contributed by atoms with Gasteiger partial charge in [-0.25, -0.2) is 0 Å². The highest BCUT2D eigenvalue weighted by Gasteiger charge is 2.15. The highest BCUT2D eigenvalue weighted by molar-refractivity contribution is 6.09. The molecule has 0 aliphatic rings. The molecule has 0 radical (unpaired) electrons. The minimum Gasteiger partial charge on any atom is -0.496 e. The molecular formula is C26H22N4O2. The van der Waals surface area contributed by atoms with Gasteiger partial charge in [-0.3, -0.25) is 4.79 Å². The molecule has 0 bridgehead atoms. The third kappa shape index (κ3) is 3.56. The summed E-state index contributed by atoms with van der Waals surface area (Å²) >= 11 is 0. The van der Waals surface area contributed by atoms with Crippen molar-refractivity contribution in [3.8, 4) is 11.4 Å². The SMILES string of the molecule is COc1cc2ccccc2cc1C(=O)Nc1ccc2nn(-c3ccc(C)c(C)c3)nc2c1. The van der Waals surface area contributed by atoms with E-state index in [1.807, 2.05) is 60.7 Å². The summed E-state index contributed by atoms with van der Waals surface area (Å²) < 4.78 is 5.47. The number of nitrogens with one attached hydrogen (secondary N) is 1. The zero-order valence-corrected chi connectivity index (χ0v) is 18.1. The Hall–Kier alpha value is -4.19. The Morgan fingerprint density at radius 2 is 1.59 bits per heavy atom. The van der Waals surface area contributed by atoms with Gasteiger partial charge >= 0.3 is 0 Å². The van der Waals surface area contributed by atoms with Gasteiger partial charge in [-0.05, 0) is 78.2 Å². The van der Waals surface area contributed by atoms with Gasteiger partial charge in [0, 0.05) is 5.69 Å². The number of methoxy groups -OCH3 is 1. The predicted molar refractivity (Wildman–Crippen MR) is 127 cm³/mol. The molecule has 1 heterocycles. The monoisotopic (exact) mass is 422 g/mol. The van der Waals surface area contributed by atoms with E-state index >= 15 is 0 Å². The van der Waals surface area contributed by atoms with E-state index in [0.717, 1.165) is 22.0 Å². The van der Waals surface area contributed by atoms with Gasteiger partial charge in [0.2, 0.25) is 0 Å². The van der Waals surface area contributed by atoms with Crippen molar-refractivity contribution in [2.24, 2.45) is 0 Å². The molecule has 6 heteroatoms. The fourth-order valence-electron chi connectivity index (χ4n) is 3.72. The number of aromatic nitrogens is 3. The molecule has 0 atom stereocenters. The van der Waals surface area contributed by atoms with E-state index in [9.17, 15) is 4.79 Å². The Morgan fingerprint density at radius 3 is 2.34 bits per heavy atom. The van der Waals surface area contributed by atoms with Crippen molar-refractivity contribution in [1.82, 2.24) is 15.0 Å². The first-order chi connectivity index (χ1) is 15.5. The summed E-state index contributed by atoms with van der Waals surface area (Å²) in [5, 5.41) is 14.1. The third-order valence-electron chi connectivity index (χ3n) is 5.67. The van der Waals surface area contributed by atoms with E-state index in [2.05, 4.69) is 41.5 Å². The first kappa shape index (κ1) is 19.8. The van der Waals surface area contributed by atoms with Gasteiger partial charge in [0.1, 0.15) is 16.8 Å². The Balaban J connectivity index is 1.46. The van der Waals surface area contributed by atoms with Crippen LogP contribution in [0.3, 0.4) is 0 Å². The van der Waals surface area contributed by atoms with Crippen LogP contribution in [-0.2, 0) is 0 Å². The number of rotatable bonds is 4. The summed E-state index contributed by atoms with van der Waals surface area (Å²) in [4.78, 5) is 14.7. The molecule has 32 heavy (non-hydrogen) atoms. The first-order valence-corrected chi connectivity index (χ1v) is 10.3. The molecule has 0 saturated heterocycles. The fourth-order valence-corrected chi connectivity index (χ4v) is 3.72. The highest BCUT2D eigenvalue weighted by atomic mass is 16.5. The maximum atomic E-state index is 13.0. The molecule has 0 aliphatic heterocycles. The number of hydrogen-bond acceptors (Lipinski definition) is 4. The molecule has 1 aromatic heterocycles. The number of hydrogen-bond donors (Lipinski definition) is 1. The fraction of sp³-hybridized carbons (Fsp3) is 0.115. The topological polar surface area (TPSA) is 69.0 Å². The van der Waals surface area contributed by atoms with Crippen molar-refractivity contribution in [2.75, 3.05) is 12.4 Å². The van der Waals surface area contributed by atoms with E-state index in [1.165, 1.54) is 11.1 Å². The van der Waals surface area contributed by atoms with Crippen molar-refractivity contribution in [2.45, 2.75) is 13.8 Å². The van der Waals surface area contributed by atoms with Crippen molar-refractivity contribution in [3.63, 3.8) is 0 Å². The number of aryl methyl sites for hydroxylation is 2. The van der Waals surface area contributed by atoms with Gasteiger partial charge in [-0.1, -0.05) is 30.3 Å². The van der Waals surface area contributed by atoms with Gasteiger partial charge in [0.15, 0.2) is 0 Å². The summed E-state index contributed by atoms with van der Waals surface area (Å²) in [7, 11) is 1.57. The van der Waals surface area contributed by atoms with Gasteiger partial charge in [0.25, 0.3) is 5.91 Å². The lowest BCUT2D eigenvalue weighted by molar-refractivity contribution is 0.102. The van der Waals surface area contributed by atoms with Crippen LogP contribution < -0.4 is 10.1 Å². The maximum Gasteiger partial charge on any atom is 0.259 e. The number of fused-ring (bicyclic) bond motifs is 2. The second kappa shape index (κ2) is 7.81. The Labute approximate surface area is 185 Å². The molecule has 1 amide bonds. The van der Waals surface area contributed by atoms with Gasteiger partial charge in [0.05, 0.1) is 18.4 Å². The normalized spacial score (nSPS) is 11.1. The summed E-state index contributed by atoms with van der Waals surface area (Å²) in [6.07, 6.45) is 0. The van der Waals surface area contributed by atoms with Crippen LogP contribution in [0.4, 0.5) is 5.69 Å². The summed E-state index contributed by atoms with van der Waals surface area (Å²) in [5.41, 5.74) is 5.88. The standard InChI is InChI=1S/C26H22N4O2/c1-16-8-10-21(12-17(16)2)30-28-23-11-9-20(15-24(23)29-30)27-26(31)22-13-18-6-4-5-7-19(18)14-25(22)32-3/h4-15H,1-3H3,(H,27,31). The van der Waals surface area contributed by atoms with Crippen LogP contribution in [0.5, 0.6) is 5.75 Å². The molecule has 158 valence electrons. The zero-order chi connectivity index (χ0) is 22.2. The lowest BCUT2D eigenvalue weighted by Gasteiger charge is -2.11. The lowest BCUT2D eigenvalue weighted by Crippen LogP contribution is -2.13. The molecule has 0 aliphatic carbocycles. The second-order valence-corrected chi connectivity index (χ2v) is 7.82. The van der Waals surface area contributed by atoms with Crippen LogP contribution >= 0.6 is 0 Å². The number of ether oxygens (including phenoxy) is 1. The summed E-state index contributed by atoms with van der Waals surface area (Å²) in [5.74, 6) is 0.288. The highest BCUT2D eigenvalue weighted by Crippen LogP contribution is 2.27. The average molecular weight is 422 g/mol. The molecule has 1 N–H and O–H groups in total. The molecule has 0 spiro atoms. The minimum absolute atomic E-state index is 0.242. The largest absolute Gasteiger partial charge is 0.496 e. The molecule has 5 rings (SSSR count). The molecule has 4 aromatic carbocycles. The summed E-state index contributed by atoms with van der Waals surface area (Å²) in [6.45, 7) is 4.14. The zero-order valence-electron chi connectivity index (χ0n) is 18.1. The number of carbonyl (C=O) groups excluding carboxylic acids is 1. The first-order valence-electron chi connectivity index (χ1n) is 10.3. The maximum absolute atomic E-state index is 13.0. The Bertz CT molecular complexity index is 1490. The van der Waals surface area contributed by atoms with Crippen LogP contribution in [0, 0.1) is 13.8 Å². The van der Waals surface area contributed by atoms with Crippen molar-refractivity contribution in [3.05, 3.63) is 89.5 Å². The van der Waals surface area contributed by atoms with Gasteiger partial charge < -0.3 is 10.1 Å². The van der Waals surface area contributed by atoms with Crippen LogP contribution in [0.25, 0.3) is 27.5 Å². The van der Waals surface area contributed by atoms with Crippen molar-refractivity contribution >= 4 is 33.4 Å². The predicted octanol–water partition coefficient (Wildman–Crippen LogP) is 5.45. The number of anilines is 1. The molecule has 0 saturated carbocycles. The molecule has 0 unspecified atom stereocenters. The molecular weight excluding hydrogens is 400 g/mol. The molecule has 0 fully saturated rings. The van der Waals surface area contributed by atoms with Crippen LogP contribution in [-0.4, -0.2) is 28.0 Å². The molecule has 5 aromatic rings. The smallest absolute Gasteiger partial charge is 0.259 e. The van der Waals surface area contributed by atoms with E-state index in [0.29, 0.717) is 22.5 Å². The Morgan fingerprint density at radius 1 is 0.844 bits per heavy atom. The number of carbonyl (C=O) groups is 1. The quantitative estimate of drug-likeness (QED) is 0.418. The molecule has 6 nitrogen and oxygen atoms in total. The van der Waals surface area contributed by atoms with Crippen LogP contribution in [0.15, 0.2) is 72.8 Å². The van der Waals surface area contributed by atoms with E-state index in [-0.39, 0.29) is 5.91 Å². The van der Waals surface area contributed by atoms with Crippen molar-refractivity contribution < 1.29 is 9.53 Å². The van der Waals surface area contributed by atoms with E-state index in [1.54, 1.807) is 11.9 Å². The minimum atomic E-state index is -0.242. The van der Waals surface area contributed by atoms with Gasteiger partial charge in [-0.15, -0.1) is 10.2 Å². The van der Waals surface area contributed by atoms with Crippen LogP contribution in [0.1, 0.15) is 21.5 Å². The van der Waals surface area contributed by atoms with E-state index < -0.39 is 0 Å². The van der Waals surface area contributed by atoms with Gasteiger partial charge in [-0.2, -0.15) is 4.80 Å². The van der Waals surface area contributed by atoms with Crippen molar-refractivity contribution in [1.29, 1.82) is 0 Å². The van der Waals surface area contributed by atoms with Crippen LogP contribution in [0.2, 0.25) is 0 Å². The number of amides is 1. The summed E-state index contributed by atoms with van der Waals surface area (Å²) in [6, 6.07) is 23.2. The average Bonchev–Trinajstić information content (AvgIpc) is 3.23. The number of nitrogens with zero attached hydrogens (tertiary/aromatic N) is 3. The third-order valence-corrected chi connectivity index (χ3v) is 5.67. The second-order valence-electron chi connectivity index (χ2n) is 7.82.